The first-order chi connectivity index (χ1) is 9.38. The highest BCUT2D eigenvalue weighted by Gasteiger charge is 2.30. The molecule has 1 nitrogen and oxygen atoms in total. The standard InChI is InChI=1S/C15H13F4N/c1-10-4-2-7-13(16)14(10)20-9-11-5-3-6-12(8-11)15(17,18)19/h2-8,20H,9H2,1H3. The fourth-order valence-corrected chi connectivity index (χ4v) is 1.90. The van der Waals surface area contributed by atoms with Crippen LogP contribution in [0.5, 0.6) is 0 Å². The van der Waals surface area contributed by atoms with Crippen LogP contribution in [-0.2, 0) is 12.7 Å². The molecule has 106 valence electrons. The van der Waals surface area contributed by atoms with Crippen molar-refractivity contribution in [3.05, 3.63) is 65.0 Å². The second-order valence-electron chi connectivity index (χ2n) is 4.48. The Kier molecular flexibility index (Phi) is 3.97. The van der Waals surface area contributed by atoms with E-state index in [0.29, 0.717) is 16.8 Å². The van der Waals surface area contributed by atoms with Crippen LogP contribution in [-0.4, -0.2) is 0 Å². The summed E-state index contributed by atoms with van der Waals surface area (Å²) in [5.74, 6) is -0.419. The van der Waals surface area contributed by atoms with Gasteiger partial charge in [-0.2, -0.15) is 13.2 Å². The molecule has 0 aliphatic heterocycles. The lowest BCUT2D eigenvalue weighted by atomic mass is 10.1. The molecular weight excluding hydrogens is 270 g/mol. The Morgan fingerprint density at radius 3 is 2.40 bits per heavy atom. The van der Waals surface area contributed by atoms with Crippen LogP contribution in [0, 0.1) is 12.7 Å². The van der Waals surface area contributed by atoms with Gasteiger partial charge in [0, 0.05) is 6.54 Å². The number of anilines is 1. The first kappa shape index (κ1) is 14.4. The molecule has 0 amide bonds. The van der Waals surface area contributed by atoms with E-state index in [1.165, 1.54) is 12.1 Å². The van der Waals surface area contributed by atoms with E-state index in [4.69, 9.17) is 0 Å². The van der Waals surface area contributed by atoms with E-state index in [9.17, 15) is 17.6 Å². The molecule has 0 saturated carbocycles. The van der Waals surface area contributed by atoms with Gasteiger partial charge in [0.15, 0.2) is 0 Å². The Morgan fingerprint density at radius 2 is 1.75 bits per heavy atom. The molecule has 0 aliphatic carbocycles. The number of benzene rings is 2. The van der Waals surface area contributed by atoms with Crippen molar-refractivity contribution in [2.45, 2.75) is 19.6 Å². The Morgan fingerprint density at radius 1 is 1.05 bits per heavy atom. The van der Waals surface area contributed by atoms with E-state index in [1.54, 1.807) is 25.1 Å². The van der Waals surface area contributed by atoms with Crippen molar-refractivity contribution in [1.29, 1.82) is 0 Å². The van der Waals surface area contributed by atoms with Crippen molar-refractivity contribution in [1.82, 2.24) is 0 Å². The molecule has 0 saturated heterocycles. The Bertz CT molecular complexity index is 585. The normalized spacial score (nSPS) is 11.4. The number of aryl methyl sites for hydroxylation is 1. The maximum atomic E-state index is 13.6. The van der Waals surface area contributed by atoms with E-state index in [2.05, 4.69) is 5.32 Å². The molecule has 1 N–H and O–H groups in total. The molecule has 0 spiro atoms. The smallest absolute Gasteiger partial charge is 0.378 e. The number of hydrogen-bond acceptors (Lipinski definition) is 1. The third kappa shape index (κ3) is 3.29. The first-order valence-electron chi connectivity index (χ1n) is 6.03. The van der Waals surface area contributed by atoms with Gasteiger partial charge in [-0.3, -0.25) is 0 Å². The van der Waals surface area contributed by atoms with E-state index < -0.39 is 17.6 Å². The summed E-state index contributed by atoms with van der Waals surface area (Å²) in [5, 5.41) is 2.83. The molecule has 0 radical (unpaired) electrons. The largest absolute Gasteiger partial charge is 0.416 e. The van der Waals surface area contributed by atoms with Crippen LogP contribution in [0.25, 0.3) is 0 Å². The lowest BCUT2D eigenvalue weighted by molar-refractivity contribution is -0.137. The average Bonchev–Trinajstić information content (AvgIpc) is 2.37. The predicted octanol–water partition coefficient (Wildman–Crippen LogP) is 4.77. The van der Waals surface area contributed by atoms with E-state index in [1.807, 2.05) is 0 Å². The molecular formula is C15H13F4N. The van der Waals surface area contributed by atoms with Gasteiger partial charge in [-0.1, -0.05) is 24.3 Å². The highest BCUT2D eigenvalue weighted by molar-refractivity contribution is 5.52. The number of hydrogen-bond donors (Lipinski definition) is 1. The number of alkyl halides is 3. The van der Waals surface area contributed by atoms with Gasteiger partial charge in [0.25, 0.3) is 0 Å². The molecule has 0 bridgehead atoms. The second kappa shape index (κ2) is 5.53. The summed E-state index contributed by atoms with van der Waals surface area (Å²) in [4.78, 5) is 0. The average molecular weight is 283 g/mol. The van der Waals surface area contributed by atoms with Crippen LogP contribution in [0.4, 0.5) is 23.2 Å². The molecule has 0 fully saturated rings. The minimum absolute atomic E-state index is 0.131. The van der Waals surface area contributed by atoms with Gasteiger partial charge in [-0.05, 0) is 36.2 Å². The van der Waals surface area contributed by atoms with Crippen molar-refractivity contribution in [3.63, 3.8) is 0 Å². The minimum Gasteiger partial charge on any atom is -0.378 e. The van der Waals surface area contributed by atoms with Crippen molar-refractivity contribution in [2.24, 2.45) is 0 Å². The van der Waals surface area contributed by atoms with E-state index in [-0.39, 0.29) is 6.54 Å². The van der Waals surface area contributed by atoms with Gasteiger partial charge >= 0.3 is 6.18 Å². The van der Waals surface area contributed by atoms with E-state index in [0.717, 1.165) is 12.1 Å². The topological polar surface area (TPSA) is 12.0 Å². The Hall–Kier alpha value is -2.04. The third-order valence-corrected chi connectivity index (χ3v) is 2.95. The van der Waals surface area contributed by atoms with Crippen LogP contribution < -0.4 is 5.32 Å². The zero-order valence-electron chi connectivity index (χ0n) is 10.8. The quantitative estimate of drug-likeness (QED) is 0.800. The molecule has 5 heteroatoms. The fraction of sp³-hybridized carbons (Fsp3) is 0.200. The van der Waals surface area contributed by atoms with Crippen LogP contribution in [0.3, 0.4) is 0 Å². The van der Waals surface area contributed by atoms with Gasteiger partial charge < -0.3 is 5.32 Å². The van der Waals surface area contributed by atoms with E-state index >= 15 is 0 Å². The van der Waals surface area contributed by atoms with Gasteiger partial charge in [-0.25, -0.2) is 4.39 Å². The molecule has 2 aromatic rings. The molecule has 0 aliphatic rings. The maximum absolute atomic E-state index is 13.6. The molecule has 0 aromatic heterocycles. The van der Waals surface area contributed by atoms with Crippen molar-refractivity contribution in [2.75, 3.05) is 5.32 Å². The number of rotatable bonds is 3. The zero-order valence-corrected chi connectivity index (χ0v) is 10.8. The van der Waals surface area contributed by atoms with Crippen LogP contribution in [0.1, 0.15) is 16.7 Å². The lowest BCUT2D eigenvalue weighted by Crippen LogP contribution is -2.07. The maximum Gasteiger partial charge on any atom is 0.416 e. The minimum atomic E-state index is -4.37. The molecule has 0 unspecified atom stereocenters. The molecule has 2 aromatic carbocycles. The summed E-state index contributed by atoms with van der Waals surface area (Å²) < 4.78 is 51.3. The monoisotopic (exact) mass is 283 g/mol. The summed E-state index contributed by atoms with van der Waals surface area (Å²) in [6, 6.07) is 9.60. The Labute approximate surface area is 114 Å². The predicted molar refractivity (Wildman–Crippen MR) is 69.9 cm³/mol. The van der Waals surface area contributed by atoms with Gasteiger partial charge in [0.05, 0.1) is 11.3 Å². The summed E-state index contributed by atoms with van der Waals surface area (Å²) >= 11 is 0. The van der Waals surface area contributed by atoms with Crippen molar-refractivity contribution in [3.8, 4) is 0 Å². The zero-order chi connectivity index (χ0) is 14.8. The SMILES string of the molecule is Cc1cccc(F)c1NCc1cccc(C(F)(F)F)c1. The second-order valence-corrected chi connectivity index (χ2v) is 4.48. The summed E-state index contributed by atoms with van der Waals surface area (Å²) in [7, 11) is 0. The number of nitrogens with one attached hydrogen (secondary N) is 1. The molecule has 0 atom stereocenters. The number of para-hydroxylation sites is 1. The number of halogens is 4. The summed E-state index contributed by atoms with van der Waals surface area (Å²) in [6.07, 6.45) is -4.37. The molecule has 0 heterocycles. The molecule has 2 rings (SSSR count). The van der Waals surface area contributed by atoms with Crippen LogP contribution in [0.2, 0.25) is 0 Å². The lowest BCUT2D eigenvalue weighted by Gasteiger charge is -2.12. The van der Waals surface area contributed by atoms with Crippen molar-refractivity contribution < 1.29 is 17.6 Å². The van der Waals surface area contributed by atoms with Crippen LogP contribution >= 0.6 is 0 Å². The molecule has 20 heavy (non-hydrogen) atoms. The highest BCUT2D eigenvalue weighted by atomic mass is 19.4. The summed E-state index contributed by atoms with van der Waals surface area (Å²) in [5.41, 5.74) is 0.756. The Balaban J connectivity index is 2.16. The first-order valence-corrected chi connectivity index (χ1v) is 6.03. The third-order valence-electron chi connectivity index (χ3n) is 2.95. The highest BCUT2D eigenvalue weighted by Crippen LogP contribution is 2.29. The fourth-order valence-electron chi connectivity index (χ4n) is 1.90. The summed E-state index contributed by atoms with van der Waals surface area (Å²) in [6.45, 7) is 1.86. The van der Waals surface area contributed by atoms with Gasteiger partial charge in [0.2, 0.25) is 0 Å². The van der Waals surface area contributed by atoms with Crippen molar-refractivity contribution >= 4 is 5.69 Å². The van der Waals surface area contributed by atoms with Gasteiger partial charge in [0.1, 0.15) is 5.82 Å². The van der Waals surface area contributed by atoms with Gasteiger partial charge in [-0.15, -0.1) is 0 Å². The van der Waals surface area contributed by atoms with Crippen LogP contribution in [0.15, 0.2) is 42.5 Å².